The van der Waals surface area contributed by atoms with Crippen molar-refractivity contribution in [1.29, 1.82) is 0 Å². The van der Waals surface area contributed by atoms with Gasteiger partial charge in [0.15, 0.2) is 5.82 Å². The summed E-state index contributed by atoms with van der Waals surface area (Å²) in [5.74, 6) is -0.353. The van der Waals surface area contributed by atoms with Gasteiger partial charge in [-0.25, -0.2) is 9.37 Å². The molecular weight excluding hydrogens is 413 g/mol. The largest absolute Gasteiger partial charge is 0.385 e. The summed E-state index contributed by atoms with van der Waals surface area (Å²) in [7, 11) is 1.64. The van der Waals surface area contributed by atoms with E-state index in [1.165, 1.54) is 12.1 Å². The fourth-order valence-corrected chi connectivity index (χ4v) is 3.37. The first-order valence-electron chi connectivity index (χ1n) is 10.3. The monoisotopic (exact) mass is 437 g/mol. The Morgan fingerprint density at radius 1 is 1.28 bits per heavy atom. The Bertz CT molecular complexity index is 1250. The van der Waals surface area contributed by atoms with E-state index >= 15 is 0 Å². The number of benzene rings is 1. The van der Waals surface area contributed by atoms with E-state index in [-0.39, 0.29) is 17.4 Å². The number of halogens is 1. The standard InChI is InChI=1S/C22H24FN7O2/c1-14(2)30-13-24-27-21(30)18-6-4-7-20(25-18)26-22(31)16-11-19-15(10-17(16)23)12-29(28-19)8-5-9-32-3/h4,6-7,10-14H,5,8-9H2,1-3H3,(H,25,26,31). The van der Waals surface area contributed by atoms with Crippen LogP contribution in [0.5, 0.6) is 0 Å². The van der Waals surface area contributed by atoms with Crippen molar-refractivity contribution in [2.75, 3.05) is 19.0 Å². The lowest BCUT2D eigenvalue weighted by Crippen LogP contribution is -2.15. The molecule has 0 radical (unpaired) electrons. The number of rotatable bonds is 8. The molecule has 0 aliphatic carbocycles. The van der Waals surface area contributed by atoms with Gasteiger partial charge in [-0.05, 0) is 44.5 Å². The molecule has 0 fully saturated rings. The second-order valence-corrected chi connectivity index (χ2v) is 7.65. The van der Waals surface area contributed by atoms with Crippen LogP contribution in [0.2, 0.25) is 0 Å². The molecule has 3 aromatic heterocycles. The van der Waals surface area contributed by atoms with Gasteiger partial charge in [0.05, 0.1) is 11.1 Å². The Hall–Kier alpha value is -3.66. The van der Waals surface area contributed by atoms with Gasteiger partial charge in [-0.3, -0.25) is 9.48 Å². The topological polar surface area (TPSA) is 99.8 Å². The molecule has 1 amide bonds. The summed E-state index contributed by atoms with van der Waals surface area (Å²) in [6.45, 7) is 5.27. The Morgan fingerprint density at radius 2 is 2.12 bits per heavy atom. The number of aromatic nitrogens is 6. The molecule has 1 aromatic carbocycles. The number of pyridine rings is 1. The lowest BCUT2D eigenvalue weighted by atomic mass is 10.1. The van der Waals surface area contributed by atoms with E-state index in [1.54, 1.807) is 42.5 Å². The molecule has 32 heavy (non-hydrogen) atoms. The van der Waals surface area contributed by atoms with Crippen LogP contribution in [-0.4, -0.2) is 49.2 Å². The fourth-order valence-electron chi connectivity index (χ4n) is 3.37. The Labute approximate surface area is 184 Å². The highest BCUT2D eigenvalue weighted by Crippen LogP contribution is 2.22. The summed E-state index contributed by atoms with van der Waals surface area (Å²) in [5.41, 5.74) is 0.998. The number of hydrogen-bond acceptors (Lipinski definition) is 6. The van der Waals surface area contributed by atoms with Crippen LogP contribution >= 0.6 is 0 Å². The van der Waals surface area contributed by atoms with Crippen molar-refractivity contribution in [3.05, 3.63) is 54.2 Å². The van der Waals surface area contributed by atoms with Crippen LogP contribution in [0.25, 0.3) is 22.4 Å². The number of methoxy groups -OCH3 is 1. The molecule has 10 heteroatoms. The molecule has 0 bridgehead atoms. The van der Waals surface area contributed by atoms with Crippen molar-refractivity contribution in [2.24, 2.45) is 0 Å². The molecule has 4 rings (SSSR count). The minimum atomic E-state index is -0.623. The number of nitrogens with zero attached hydrogens (tertiary/aromatic N) is 6. The predicted molar refractivity (Wildman–Crippen MR) is 118 cm³/mol. The van der Waals surface area contributed by atoms with Gasteiger partial charge in [0.25, 0.3) is 5.91 Å². The number of carbonyl (C=O) groups is 1. The van der Waals surface area contributed by atoms with Crippen LogP contribution in [0.1, 0.15) is 36.7 Å². The lowest BCUT2D eigenvalue weighted by Gasteiger charge is -2.11. The number of aryl methyl sites for hydroxylation is 1. The summed E-state index contributed by atoms with van der Waals surface area (Å²) in [5, 5.41) is 15.8. The average molecular weight is 437 g/mol. The van der Waals surface area contributed by atoms with Gasteiger partial charge in [-0.15, -0.1) is 10.2 Å². The SMILES string of the molecule is COCCCn1cc2cc(F)c(C(=O)Nc3cccc(-c4nncn4C(C)C)n3)cc2n1. The van der Waals surface area contributed by atoms with Crippen molar-refractivity contribution in [2.45, 2.75) is 32.9 Å². The summed E-state index contributed by atoms with van der Waals surface area (Å²) < 4.78 is 23.3. The predicted octanol–water partition coefficient (Wildman–Crippen LogP) is 3.70. The second-order valence-electron chi connectivity index (χ2n) is 7.65. The Kier molecular flexibility index (Phi) is 6.22. The molecule has 1 N–H and O–H groups in total. The molecule has 0 saturated carbocycles. The molecule has 0 aliphatic heterocycles. The van der Waals surface area contributed by atoms with Crippen LogP contribution < -0.4 is 5.32 Å². The third-order valence-electron chi connectivity index (χ3n) is 4.97. The molecule has 4 aromatic rings. The first-order valence-corrected chi connectivity index (χ1v) is 10.3. The van der Waals surface area contributed by atoms with E-state index in [4.69, 9.17) is 4.74 Å². The Morgan fingerprint density at radius 3 is 2.91 bits per heavy atom. The number of amides is 1. The molecule has 3 heterocycles. The van der Waals surface area contributed by atoms with E-state index in [1.807, 2.05) is 18.4 Å². The highest BCUT2D eigenvalue weighted by molar-refractivity contribution is 6.06. The van der Waals surface area contributed by atoms with Crippen molar-refractivity contribution in [1.82, 2.24) is 29.5 Å². The maximum atomic E-state index is 14.7. The lowest BCUT2D eigenvalue weighted by molar-refractivity contribution is 0.102. The number of anilines is 1. The van der Waals surface area contributed by atoms with Crippen LogP contribution in [0.3, 0.4) is 0 Å². The maximum absolute atomic E-state index is 14.7. The summed E-state index contributed by atoms with van der Waals surface area (Å²) in [6, 6.07) is 8.08. The molecule has 9 nitrogen and oxygen atoms in total. The minimum absolute atomic E-state index is 0.0998. The highest BCUT2D eigenvalue weighted by Gasteiger charge is 2.17. The zero-order valence-corrected chi connectivity index (χ0v) is 18.1. The first-order chi connectivity index (χ1) is 15.5. The van der Waals surface area contributed by atoms with Gasteiger partial charge >= 0.3 is 0 Å². The quantitative estimate of drug-likeness (QED) is 0.422. The molecule has 166 valence electrons. The number of fused-ring (bicyclic) bond motifs is 1. The van der Waals surface area contributed by atoms with Crippen LogP contribution in [0.4, 0.5) is 10.2 Å². The van der Waals surface area contributed by atoms with Gasteiger partial charge in [-0.2, -0.15) is 5.10 Å². The van der Waals surface area contributed by atoms with Crippen molar-refractivity contribution < 1.29 is 13.9 Å². The summed E-state index contributed by atoms with van der Waals surface area (Å²) >= 11 is 0. The van der Waals surface area contributed by atoms with Gasteiger partial charge in [-0.1, -0.05) is 6.07 Å². The summed E-state index contributed by atoms with van der Waals surface area (Å²) in [4.78, 5) is 17.2. The first kappa shape index (κ1) is 21.6. The van der Waals surface area contributed by atoms with E-state index < -0.39 is 11.7 Å². The number of nitrogens with one attached hydrogen (secondary N) is 1. The van der Waals surface area contributed by atoms with Crippen molar-refractivity contribution >= 4 is 22.6 Å². The van der Waals surface area contributed by atoms with Crippen molar-refractivity contribution in [3.8, 4) is 11.5 Å². The van der Waals surface area contributed by atoms with E-state index in [9.17, 15) is 9.18 Å². The van der Waals surface area contributed by atoms with Gasteiger partial charge in [0.2, 0.25) is 0 Å². The maximum Gasteiger partial charge on any atom is 0.259 e. The third kappa shape index (κ3) is 4.50. The van der Waals surface area contributed by atoms with Gasteiger partial charge in [0.1, 0.15) is 23.7 Å². The molecule has 0 unspecified atom stereocenters. The molecule has 0 atom stereocenters. The molecular formula is C22H24FN7O2. The van der Waals surface area contributed by atoms with Crippen LogP contribution in [-0.2, 0) is 11.3 Å². The third-order valence-corrected chi connectivity index (χ3v) is 4.97. The molecule has 0 aliphatic rings. The van der Waals surface area contributed by atoms with E-state index in [0.29, 0.717) is 35.6 Å². The van der Waals surface area contributed by atoms with Crippen LogP contribution in [0, 0.1) is 5.82 Å². The number of ether oxygens (including phenoxy) is 1. The average Bonchev–Trinajstić information content (AvgIpc) is 3.40. The smallest absolute Gasteiger partial charge is 0.259 e. The Balaban J connectivity index is 1.56. The van der Waals surface area contributed by atoms with Gasteiger partial charge in [0, 0.05) is 37.9 Å². The molecule has 0 saturated heterocycles. The highest BCUT2D eigenvalue weighted by atomic mass is 19.1. The number of carbonyl (C=O) groups excluding carboxylic acids is 1. The normalized spacial score (nSPS) is 11.4. The minimum Gasteiger partial charge on any atom is -0.385 e. The zero-order valence-electron chi connectivity index (χ0n) is 18.1. The van der Waals surface area contributed by atoms with E-state index in [2.05, 4.69) is 25.6 Å². The zero-order chi connectivity index (χ0) is 22.7. The van der Waals surface area contributed by atoms with Crippen molar-refractivity contribution in [3.63, 3.8) is 0 Å². The van der Waals surface area contributed by atoms with E-state index in [0.717, 1.165) is 6.42 Å². The van der Waals surface area contributed by atoms with Crippen LogP contribution in [0.15, 0.2) is 42.9 Å². The fraction of sp³-hybridized carbons (Fsp3) is 0.318. The molecule has 0 spiro atoms. The second kappa shape index (κ2) is 9.23. The van der Waals surface area contributed by atoms with Gasteiger partial charge < -0.3 is 14.6 Å². The summed E-state index contributed by atoms with van der Waals surface area (Å²) in [6.07, 6.45) is 4.17. The number of hydrogen-bond donors (Lipinski definition) is 1.